The molecule has 0 saturated heterocycles. The van der Waals surface area contributed by atoms with E-state index in [1.54, 1.807) is 5.92 Å². The molecule has 57 valence electrons. The molecular formula is C10H10Br. The third-order valence-corrected chi connectivity index (χ3v) is 2.68. The molecule has 1 fully saturated rings. The Labute approximate surface area is 75.8 Å². The van der Waals surface area contributed by atoms with Crippen LogP contribution < -0.4 is 0 Å². The molecule has 1 aromatic rings. The summed E-state index contributed by atoms with van der Waals surface area (Å²) in [6.07, 6.45) is 3.98. The van der Waals surface area contributed by atoms with Crippen LogP contribution in [0.15, 0.2) is 28.7 Å². The number of benzene rings is 1. The molecule has 0 spiro atoms. The van der Waals surface area contributed by atoms with Crippen LogP contribution in [0.5, 0.6) is 0 Å². The highest BCUT2D eigenvalue weighted by Gasteiger charge is 2.19. The van der Waals surface area contributed by atoms with Crippen molar-refractivity contribution < 1.29 is 0 Å². The summed E-state index contributed by atoms with van der Waals surface area (Å²) < 4.78 is 1.19. The SMILES string of the molecule is Brc1cccc([C]2CCC2)c1. The van der Waals surface area contributed by atoms with Gasteiger partial charge in [-0.1, -0.05) is 34.5 Å². The fraction of sp³-hybridized carbons (Fsp3) is 0.300. The summed E-state index contributed by atoms with van der Waals surface area (Å²) in [5.74, 6) is 1.62. The van der Waals surface area contributed by atoms with Gasteiger partial charge in [-0.15, -0.1) is 0 Å². The van der Waals surface area contributed by atoms with Crippen LogP contribution >= 0.6 is 15.9 Å². The molecule has 0 aliphatic heterocycles. The largest absolute Gasteiger partial charge is 0.0609 e. The van der Waals surface area contributed by atoms with Gasteiger partial charge < -0.3 is 0 Å². The molecule has 0 nitrogen and oxygen atoms in total. The third-order valence-electron chi connectivity index (χ3n) is 2.19. The summed E-state index contributed by atoms with van der Waals surface area (Å²) in [7, 11) is 0. The normalized spacial score (nSPS) is 17.9. The smallest absolute Gasteiger partial charge is 0.0178 e. The van der Waals surface area contributed by atoms with Crippen molar-refractivity contribution in [3.05, 3.63) is 40.2 Å². The fourth-order valence-electron chi connectivity index (χ4n) is 1.35. The summed E-state index contributed by atoms with van der Waals surface area (Å²) in [6.45, 7) is 0. The van der Waals surface area contributed by atoms with Gasteiger partial charge >= 0.3 is 0 Å². The van der Waals surface area contributed by atoms with E-state index in [0.29, 0.717) is 0 Å². The Hall–Kier alpha value is -0.300. The Morgan fingerprint density at radius 2 is 2.00 bits per heavy atom. The van der Waals surface area contributed by atoms with Crippen LogP contribution in [0.3, 0.4) is 0 Å². The molecule has 2 rings (SSSR count). The first-order chi connectivity index (χ1) is 5.36. The molecule has 0 heterocycles. The van der Waals surface area contributed by atoms with Gasteiger partial charge in [0.1, 0.15) is 0 Å². The van der Waals surface area contributed by atoms with E-state index in [1.807, 2.05) is 0 Å². The van der Waals surface area contributed by atoms with Gasteiger partial charge in [0, 0.05) is 10.4 Å². The second kappa shape index (κ2) is 2.98. The predicted octanol–water partition coefficient (Wildman–Crippen LogP) is 3.56. The average molecular weight is 210 g/mol. The lowest BCUT2D eigenvalue weighted by Crippen LogP contribution is -2.09. The van der Waals surface area contributed by atoms with E-state index in [1.165, 1.54) is 29.3 Å². The lowest BCUT2D eigenvalue weighted by Gasteiger charge is -2.24. The average Bonchev–Trinajstić information content (AvgIpc) is 1.83. The second-order valence-electron chi connectivity index (χ2n) is 2.97. The molecule has 1 saturated carbocycles. The summed E-state index contributed by atoms with van der Waals surface area (Å²) in [5, 5.41) is 0. The molecule has 0 N–H and O–H groups in total. The van der Waals surface area contributed by atoms with Gasteiger partial charge in [-0.05, 0) is 30.5 Å². The standard InChI is InChI=1S/C10H10Br/c11-10-6-2-5-9(7-10)8-3-1-4-8/h2,5-7H,1,3-4H2. The maximum absolute atomic E-state index is 3.47. The van der Waals surface area contributed by atoms with Gasteiger partial charge in [-0.2, -0.15) is 0 Å². The highest BCUT2D eigenvalue weighted by Crippen LogP contribution is 2.35. The zero-order chi connectivity index (χ0) is 7.68. The molecule has 1 aromatic carbocycles. The third kappa shape index (κ3) is 1.48. The molecule has 0 amide bonds. The number of hydrogen-bond acceptors (Lipinski definition) is 0. The highest BCUT2D eigenvalue weighted by atomic mass is 79.9. The fourth-order valence-corrected chi connectivity index (χ4v) is 1.75. The topological polar surface area (TPSA) is 0 Å². The lowest BCUT2D eigenvalue weighted by molar-refractivity contribution is 0.577. The van der Waals surface area contributed by atoms with Crippen LogP contribution in [0.4, 0.5) is 0 Å². The Balaban J connectivity index is 2.23. The molecule has 0 aromatic heterocycles. The quantitative estimate of drug-likeness (QED) is 0.664. The van der Waals surface area contributed by atoms with Crippen LogP contribution in [0, 0.1) is 5.92 Å². The molecule has 1 aliphatic carbocycles. The van der Waals surface area contributed by atoms with Crippen LogP contribution in [0.1, 0.15) is 24.8 Å². The first kappa shape index (κ1) is 7.35. The van der Waals surface area contributed by atoms with Gasteiger partial charge in [0.15, 0.2) is 0 Å². The molecule has 1 radical (unpaired) electrons. The first-order valence-corrected chi connectivity index (χ1v) is 4.76. The summed E-state index contributed by atoms with van der Waals surface area (Å²) in [4.78, 5) is 0. The predicted molar refractivity (Wildman–Crippen MR) is 50.3 cm³/mol. The van der Waals surface area contributed by atoms with E-state index in [4.69, 9.17) is 0 Å². The maximum atomic E-state index is 3.47. The first-order valence-electron chi connectivity index (χ1n) is 3.97. The van der Waals surface area contributed by atoms with Gasteiger partial charge in [-0.3, -0.25) is 0 Å². The number of hydrogen-bond donors (Lipinski definition) is 0. The summed E-state index contributed by atoms with van der Waals surface area (Å²) in [6, 6.07) is 8.57. The summed E-state index contributed by atoms with van der Waals surface area (Å²) >= 11 is 3.47. The highest BCUT2D eigenvalue weighted by molar-refractivity contribution is 9.10. The van der Waals surface area contributed by atoms with Gasteiger partial charge in [-0.25, -0.2) is 0 Å². The van der Waals surface area contributed by atoms with E-state index in [-0.39, 0.29) is 0 Å². The van der Waals surface area contributed by atoms with Crippen LogP contribution in [0.2, 0.25) is 0 Å². The van der Waals surface area contributed by atoms with Crippen molar-refractivity contribution in [1.82, 2.24) is 0 Å². The minimum absolute atomic E-state index is 1.19. The zero-order valence-corrected chi connectivity index (χ0v) is 7.89. The molecule has 0 unspecified atom stereocenters. The minimum Gasteiger partial charge on any atom is -0.0609 e. The van der Waals surface area contributed by atoms with E-state index in [2.05, 4.69) is 40.2 Å². The summed E-state index contributed by atoms with van der Waals surface area (Å²) in [5.41, 5.74) is 1.42. The van der Waals surface area contributed by atoms with Crippen molar-refractivity contribution in [3.8, 4) is 0 Å². The molecule has 0 bridgehead atoms. The van der Waals surface area contributed by atoms with E-state index in [9.17, 15) is 0 Å². The Bertz CT molecular complexity index is 251. The zero-order valence-electron chi connectivity index (χ0n) is 6.31. The molecule has 1 heteroatoms. The van der Waals surface area contributed by atoms with Crippen molar-refractivity contribution in [2.24, 2.45) is 0 Å². The monoisotopic (exact) mass is 209 g/mol. The van der Waals surface area contributed by atoms with Gasteiger partial charge in [0.2, 0.25) is 0 Å². The Morgan fingerprint density at radius 1 is 1.18 bits per heavy atom. The van der Waals surface area contributed by atoms with E-state index < -0.39 is 0 Å². The number of rotatable bonds is 1. The van der Waals surface area contributed by atoms with Gasteiger partial charge in [0.25, 0.3) is 0 Å². The van der Waals surface area contributed by atoms with E-state index in [0.717, 1.165) is 0 Å². The molecular weight excluding hydrogens is 200 g/mol. The van der Waals surface area contributed by atoms with Crippen molar-refractivity contribution in [1.29, 1.82) is 0 Å². The van der Waals surface area contributed by atoms with Crippen molar-refractivity contribution in [3.63, 3.8) is 0 Å². The second-order valence-corrected chi connectivity index (χ2v) is 3.88. The molecule has 11 heavy (non-hydrogen) atoms. The van der Waals surface area contributed by atoms with Gasteiger partial charge in [0.05, 0.1) is 0 Å². The maximum Gasteiger partial charge on any atom is 0.0178 e. The van der Waals surface area contributed by atoms with Crippen LogP contribution in [-0.4, -0.2) is 0 Å². The lowest BCUT2D eigenvalue weighted by atomic mass is 9.80. The minimum atomic E-state index is 1.19. The van der Waals surface area contributed by atoms with E-state index >= 15 is 0 Å². The Kier molecular flexibility index (Phi) is 1.99. The Morgan fingerprint density at radius 3 is 2.55 bits per heavy atom. The number of halogens is 1. The molecule has 0 atom stereocenters. The van der Waals surface area contributed by atoms with Crippen molar-refractivity contribution in [2.75, 3.05) is 0 Å². The van der Waals surface area contributed by atoms with Crippen LogP contribution in [-0.2, 0) is 0 Å². The van der Waals surface area contributed by atoms with Crippen molar-refractivity contribution >= 4 is 15.9 Å². The van der Waals surface area contributed by atoms with Crippen LogP contribution in [0.25, 0.3) is 0 Å². The molecule has 1 aliphatic rings. The van der Waals surface area contributed by atoms with Crippen molar-refractivity contribution in [2.45, 2.75) is 19.3 Å².